The zero-order valence-electron chi connectivity index (χ0n) is 16.5. The molecule has 4 rings (SSSR count). The number of carbonyl (C=O) groups excluding carboxylic acids is 1. The summed E-state index contributed by atoms with van der Waals surface area (Å²) in [5.41, 5.74) is 9.18. The minimum absolute atomic E-state index is 0.217. The molecule has 148 valence electrons. The summed E-state index contributed by atoms with van der Waals surface area (Å²) >= 11 is 0. The van der Waals surface area contributed by atoms with Gasteiger partial charge >= 0.3 is 0 Å². The Kier molecular flexibility index (Phi) is 5.26. The molecular weight excluding hydrogens is 374 g/mol. The van der Waals surface area contributed by atoms with Crippen LogP contribution in [0.15, 0.2) is 101 Å². The second-order valence-corrected chi connectivity index (χ2v) is 7.03. The number of nitrogens with two attached hydrogens (primary N) is 1. The molecule has 0 aliphatic rings. The minimum atomic E-state index is -1.00. The molecule has 0 radical (unpaired) electrons. The van der Waals surface area contributed by atoms with E-state index in [2.05, 4.69) is 0 Å². The largest absolute Gasteiger partial charge is 0.368 e. The van der Waals surface area contributed by atoms with Crippen molar-refractivity contribution < 1.29 is 4.79 Å². The number of rotatable bonds is 5. The number of benzene rings is 3. The second kappa shape index (κ2) is 8.17. The highest BCUT2D eigenvalue weighted by Gasteiger charge is 2.23. The Hall–Kier alpha value is -3.99. The first-order valence-corrected chi connectivity index (χ1v) is 9.63. The van der Waals surface area contributed by atoms with Crippen LogP contribution in [-0.4, -0.2) is 16.2 Å². The van der Waals surface area contributed by atoms with Crippen LogP contribution in [0.2, 0.25) is 0 Å². The summed E-state index contributed by atoms with van der Waals surface area (Å²) in [6.45, 7) is 0. The third-order valence-corrected chi connectivity index (χ3v) is 5.10. The molecule has 0 aliphatic carbocycles. The number of primary amides is 1. The highest BCUT2D eigenvalue weighted by Crippen LogP contribution is 2.27. The Balaban J connectivity index is 1.99. The Morgan fingerprint density at radius 3 is 1.97 bits per heavy atom. The molecule has 4 aromatic rings. The van der Waals surface area contributed by atoms with Gasteiger partial charge < -0.3 is 10.3 Å². The van der Waals surface area contributed by atoms with Gasteiger partial charge in [-0.05, 0) is 6.07 Å². The molecule has 0 spiro atoms. The zero-order chi connectivity index (χ0) is 21.1. The van der Waals surface area contributed by atoms with Gasteiger partial charge in [0.15, 0.2) is 6.04 Å². The topological polar surface area (TPSA) is 77.4 Å². The molecule has 1 aromatic heterocycles. The van der Waals surface area contributed by atoms with E-state index in [1.807, 2.05) is 84.9 Å². The van der Waals surface area contributed by atoms with E-state index in [0.717, 1.165) is 22.0 Å². The van der Waals surface area contributed by atoms with Crippen LogP contribution in [0.5, 0.6) is 0 Å². The molecule has 0 aliphatic heterocycles. The summed E-state index contributed by atoms with van der Waals surface area (Å²) in [7, 11) is 1.70. The summed E-state index contributed by atoms with van der Waals surface area (Å²) in [6.07, 6.45) is 0. The molecule has 3 aromatic carbocycles. The lowest BCUT2D eigenvalue weighted by Gasteiger charge is -2.17. The number of hydrogen-bond donors (Lipinski definition) is 1. The van der Waals surface area contributed by atoms with Crippen LogP contribution in [0.3, 0.4) is 0 Å². The Bertz CT molecular complexity index is 1250. The predicted octanol–water partition coefficient (Wildman–Crippen LogP) is 3.60. The lowest BCUT2D eigenvalue weighted by molar-refractivity contribution is -0.119. The van der Waals surface area contributed by atoms with Crippen molar-refractivity contribution in [3.05, 3.63) is 118 Å². The van der Waals surface area contributed by atoms with Crippen molar-refractivity contribution in [1.82, 2.24) is 4.57 Å². The fraction of sp³-hybridized carbons (Fsp3) is 0.0800. The Morgan fingerprint density at radius 1 is 0.867 bits per heavy atom. The molecule has 1 atom stereocenters. The summed E-state index contributed by atoms with van der Waals surface area (Å²) in [5, 5.41) is 0.771. The van der Waals surface area contributed by atoms with Gasteiger partial charge in [-0.15, -0.1) is 0 Å². The summed E-state index contributed by atoms with van der Waals surface area (Å²) < 4.78 is 1.55. The molecule has 2 N–H and O–H groups in total. The number of pyridine rings is 1. The molecule has 1 heterocycles. The number of aromatic nitrogens is 1. The van der Waals surface area contributed by atoms with Crippen molar-refractivity contribution in [2.75, 3.05) is 0 Å². The van der Waals surface area contributed by atoms with E-state index >= 15 is 0 Å². The fourth-order valence-corrected chi connectivity index (χ4v) is 3.59. The predicted molar refractivity (Wildman–Crippen MR) is 120 cm³/mol. The highest BCUT2D eigenvalue weighted by molar-refractivity contribution is 6.13. The van der Waals surface area contributed by atoms with E-state index in [-0.39, 0.29) is 5.56 Å². The molecule has 0 bridgehead atoms. The molecular formula is C25H21N3O2. The lowest BCUT2D eigenvalue weighted by Crippen LogP contribution is -2.25. The van der Waals surface area contributed by atoms with E-state index in [1.54, 1.807) is 11.6 Å². The van der Waals surface area contributed by atoms with Crippen molar-refractivity contribution in [2.45, 2.75) is 6.04 Å². The molecule has 0 saturated carbocycles. The molecule has 5 nitrogen and oxygen atoms in total. The van der Waals surface area contributed by atoms with Gasteiger partial charge in [0, 0.05) is 35.2 Å². The van der Waals surface area contributed by atoms with Gasteiger partial charge in [0.1, 0.15) is 0 Å². The number of amides is 1. The minimum Gasteiger partial charge on any atom is -0.368 e. The number of hydrogen-bond acceptors (Lipinski definition) is 3. The van der Waals surface area contributed by atoms with Crippen LogP contribution in [0, 0.1) is 0 Å². The lowest BCUT2D eigenvalue weighted by atomic mass is 9.98. The number of para-hydroxylation sites is 1. The molecule has 30 heavy (non-hydrogen) atoms. The van der Waals surface area contributed by atoms with Crippen molar-refractivity contribution in [1.29, 1.82) is 0 Å². The third kappa shape index (κ3) is 3.65. The summed E-state index contributed by atoms with van der Waals surface area (Å²) in [5.74, 6) is -0.613. The van der Waals surface area contributed by atoms with Crippen LogP contribution in [0.1, 0.15) is 22.7 Å². The van der Waals surface area contributed by atoms with Gasteiger partial charge in [0.2, 0.25) is 5.91 Å². The fourth-order valence-electron chi connectivity index (χ4n) is 3.59. The Labute approximate surface area is 174 Å². The number of aliphatic imine (C=N–C) groups is 1. The van der Waals surface area contributed by atoms with E-state index in [1.165, 1.54) is 6.07 Å². The van der Waals surface area contributed by atoms with E-state index in [9.17, 15) is 9.59 Å². The normalized spacial score (nSPS) is 11.8. The van der Waals surface area contributed by atoms with Crippen molar-refractivity contribution in [3.8, 4) is 0 Å². The van der Waals surface area contributed by atoms with Gasteiger partial charge in [-0.2, -0.15) is 0 Å². The number of nitrogens with zero attached hydrogens (tertiary/aromatic N) is 2. The average molecular weight is 395 g/mol. The first kappa shape index (κ1) is 19.3. The maximum atomic E-state index is 12.6. The molecule has 5 heteroatoms. The van der Waals surface area contributed by atoms with Crippen LogP contribution in [-0.2, 0) is 11.8 Å². The third-order valence-electron chi connectivity index (χ3n) is 5.10. The van der Waals surface area contributed by atoms with Gasteiger partial charge in [-0.3, -0.25) is 14.6 Å². The summed E-state index contributed by atoms with van der Waals surface area (Å²) in [4.78, 5) is 29.9. The zero-order valence-corrected chi connectivity index (χ0v) is 16.5. The number of fused-ring (bicyclic) bond motifs is 1. The SMILES string of the molecule is Cn1c(=O)cc(C(N=C(c2ccccc2)c2ccccc2)C(N)=O)c2ccccc21. The first-order chi connectivity index (χ1) is 14.6. The number of aryl methyl sites for hydroxylation is 1. The van der Waals surface area contributed by atoms with Crippen LogP contribution in [0.4, 0.5) is 0 Å². The maximum absolute atomic E-state index is 12.6. The number of carbonyl (C=O) groups is 1. The molecule has 1 unspecified atom stereocenters. The molecule has 0 fully saturated rings. The van der Waals surface area contributed by atoms with E-state index in [4.69, 9.17) is 10.7 Å². The smallest absolute Gasteiger partial charge is 0.251 e. The van der Waals surface area contributed by atoms with Crippen LogP contribution < -0.4 is 11.3 Å². The van der Waals surface area contributed by atoms with Crippen LogP contribution in [0.25, 0.3) is 10.9 Å². The van der Waals surface area contributed by atoms with E-state index < -0.39 is 11.9 Å². The maximum Gasteiger partial charge on any atom is 0.251 e. The Morgan fingerprint density at radius 2 is 1.40 bits per heavy atom. The second-order valence-electron chi connectivity index (χ2n) is 7.03. The monoisotopic (exact) mass is 395 g/mol. The van der Waals surface area contributed by atoms with Gasteiger partial charge in [-0.1, -0.05) is 78.9 Å². The van der Waals surface area contributed by atoms with Crippen molar-refractivity contribution in [3.63, 3.8) is 0 Å². The van der Waals surface area contributed by atoms with Crippen molar-refractivity contribution in [2.24, 2.45) is 17.8 Å². The van der Waals surface area contributed by atoms with Gasteiger partial charge in [-0.25, -0.2) is 0 Å². The van der Waals surface area contributed by atoms with E-state index in [0.29, 0.717) is 11.3 Å². The van der Waals surface area contributed by atoms with Gasteiger partial charge in [0.25, 0.3) is 5.56 Å². The standard InChI is InChI=1S/C25H21N3O2/c1-28-21-15-9-8-14-19(21)20(16-22(28)29)24(25(26)30)27-23(17-10-4-2-5-11-17)18-12-6-3-7-13-18/h2-16,24H,1H3,(H2,26,30). The van der Waals surface area contributed by atoms with Crippen LogP contribution >= 0.6 is 0 Å². The van der Waals surface area contributed by atoms with Crippen molar-refractivity contribution >= 4 is 22.5 Å². The summed E-state index contributed by atoms with van der Waals surface area (Å²) in [6, 6.07) is 27.2. The quantitative estimate of drug-likeness (QED) is 0.524. The molecule has 1 amide bonds. The highest BCUT2D eigenvalue weighted by atomic mass is 16.1. The first-order valence-electron chi connectivity index (χ1n) is 9.63. The van der Waals surface area contributed by atoms with Gasteiger partial charge in [0.05, 0.1) is 11.2 Å². The average Bonchev–Trinajstić information content (AvgIpc) is 2.78. The molecule has 0 saturated heterocycles.